The SMILES string of the molecule is CCn1cncc1CNC(C)(C)C(=O)OC. The molecule has 1 rings (SSSR count). The van der Waals surface area contributed by atoms with Crippen molar-refractivity contribution in [2.45, 2.75) is 39.4 Å². The fraction of sp³-hybridized carbons (Fsp3) is 0.636. The van der Waals surface area contributed by atoms with E-state index < -0.39 is 5.54 Å². The Morgan fingerprint density at radius 3 is 2.88 bits per heavy atom. The summed E-state index contributed by atoms with van der Waals surface area (Å²) in [7, 11) is 1.39. The smallest absolute Gasteiger partial charge is 0.325 e. The van der Waals surface area contributed by atoms with Gasteiger partial charge in [0.2, 0.25) is 0 Å². The first-order valence-corrected chi connectivity index (χ1v) is 5.33. The maximum Gasteiger partial charge on any atom is 0.325 e. The van der Waals surface area contributed by atoms with Crippen molar-refractivity contribution in [1.82, 2.24) is 14.9 Å². The minimum Gasteiger partial charge on any atom is -0.468 e. The molecule has 90 valence electrons. The molecule has 1 aromatic rings. The van der Waals surface area contributed by atoms with E-state index in [-0.39, 0.29) is 5.97 Å². The minimum atomic E-state index is -0.683. The van der Waals surface area contributed by atoms with Crippen LogP contribution >= 0.6 is 0 Å². The van der Waals surface area contributed by atoms with Crippen molar-refractivity contribution >= 4 is 5.97 Å². The maximum atomic E-state index is 11.4. The number of hydrogen-bond acceptors (Lipinski definition) is 4. The molecule has 0 amide bonds. The molecule has 0 aromatic carbocycles. The number of imidazole rings is 1. The largest absolute Gasteiger partial charge is 0.468 e. The van der Waals surface area contributed by atoms with Crippen LogP contribution in [0, 0.1) is 0 Å². The molecular formula is C11H19N3O2. The van der Waals surface area contributed by atoms with Gasteiger partial charge in [-0.15, -0.1) is 0 Å². The molecule has 0 spiro atoms. The van der Waals surface area contributed by atoms with E-state index >= 15 is 0 Å². The Hall–Kier alpha value is -1.36. The number of hydrogen-bond donors (Lipinski definition) is 1. The van der Waals surface area contributed by atoms with Gasteiger partial charge in [0.25, 0.3) is 0 Å². The molecule has 1 aromatic heterocycles. The molecule has 5 heteroatoms. The van der Waals surface area contributed by atoms with Gasteiger partial charge in [-0.1, -0.05) is 0 Å². The van der Waals surface area contributed by atoms with Gasteiger partial charge in [0.1, 0.15) is 5.54 Å². The van der Waals surface area contributed by atoms with E-state index in [1.807, 2.05) is 4.57 Å². The second-order valence-corrected chi connectivity index (χ2v) is 4.14. The van der Waals surface area contributed by atoms with Gasteiger partial charge in [0.05, 0.1) is 19.1 Å². The molecule has 0 radical (unpaired) electrons. The van der Waals surface area contributed by atoms with Crippen LogP contribution in [-0.2, 0) is 22.6 Å². The lowest BCUT2D eigenvalue weighted by molar-refractivity contribution is -0.147. The van der Waals surface area contributed by atoms with Gasteiger partial charge in [0.15, 0.2) is 0 Å². The number of rotatable bonds is 5. The summed E-state index contributed by atoms with van der Waals surface area (Å²) < 4.78 is 6.75. The van der Waals surface area contributed by atoms with Gasteiger partial charge in [-0.3, -0.25) is 10.1 Å². The molecule has 0 saturated heterocycles. The average molecular weight is 225 g/mol. The molecule has 16 heavy (non-hydrogen) atoms. The Morgan fingerprint density at radius 1 is 1.62 bits per heavy atom. The molecular weight excluding hydrogens is 206 g/mol. The fourth-order valence-corrected chi connectivity index (χ4v) is 1.42. The van der Waals surface area contributed by atoms with Crippen LogP contribution in [0.15, 0.2) is 12.5 Å². The minimum absolute atomic E-state index is 0.268. The highest BCUT2D eigenvalue weighted by Gasteiger charge is 2.27. The van der Waals surface area contributed by atoms with Crippen molar-refractivity contribution in [3.63, 3.8) is 0 Å². The van der Waals surface area contributed by atoms with Crippen LogP contribution in [0.1, 0.15) is 26.5 Å². The van der Waals surface area contributed by atoms with Gasteiger partial charge < -0.3 is 9.30 Å². The normalized spacial score (nSPS) is 11.5. The molecule has 0 atom stereocenters. The Bertz CT molecular complexity index is 358. The zero-order valence-electron chi connectivity index (χ0n) is 10.3. The highest BCUT2D eigenvalue weighted by Crippen LogP contribution is 2.07. The summed E-state index contributed by atoms with van der Waals surface area (Å²) >= 11 is 0. The zero-order valence-corrected chi connectivity index (χ0v) is 10.3. The number of carbonyl (C=O) groups is 1. The highest BCUT2D eigenvalue weighted by atomic mass is 16.5. The van der Waals surface area contributed by atoms with Gasteiger partial charge in [0, 0.05) is 19.3 Å². The van der Waals surface area contributed by atoms with Crippen LogP contribution in [0.2, 0.25) is 0 Å². The Balaban J connectivity index is 2.60. The zero-order chi connectivity index (χ0) is 12.2. The number of carbonyl (C=O) groups excluding carboxylic acids is 1. The van der Waals surface area contributed by atoms with Crippen molar-refractivity contribution in [3.8, 4) is 0 Å². The van der Waals surface area contributed by atoms with E-state index in [1.165, 1.54) is 7.11 Å². The van der Waals surface area contributed by atoms with Crippen LogP contribution in [0.4, 0.5) is 0 Å². The third-order valence-corrected chi connectivity index (χ3v) is 2.55. The maximum absolute atomic E-state index is 11.4. The van der Waals surface area contributed by atoms with E-state index in [1.54, 1.807) is 26.4 Å². The number of esters is 1. The standard InChI is InChI=1S/C11H19N3O2/c1-5-14-8-12-6-9(14)7-13-11(2,3)10(15)16-4/h6,8,13H,5,7H2,1-4H3. The quantitative estimate of drug-likeness (QED) is 0.758. The van der Waals surface area contributed by atoms with Crippen LogP contribution in [0.25, 0.3) is 0 Å². The van der Waals surface area contributed by atoms with Gasteiger partial charge in [-0.25, -0.2) is 4.98 Å². The summed E-state index contributed by atoms with van der Waals surface area (Å²) in [6, 6.07) is 0. The average Bonchev–Trinajstić information content (AvgIpc) is 2.72. The first kappa shape index (κ1) is 12.7. The summed E-state index contributed by atoms with van der Waals surface area (Å²) in [5.74, 6) is -0.268. The number of ether oxygens (including phenoxy) is 1. The lowest BCUT2D eigenvalue weighted by atomic mass is 10.1. The van der Waals surface area contributed by atoms with Crippen molar-refractivity contribution < 1.29 is 9.53 Å². The molecule has 1 N–H and O–H groups in total. The van der Waals surface area contributed by atoms with Gasteiger partial charge in [-0.2, -0.15) is 0 Å². The first-order chi connectivity index (χ1) is 7.51. The first-order valence-electron chi connectivity index (χ1n) is 5.33. The van der Waals surface area contributed by atoms with E-state index in [0.717, 1.165) is 12.2 Å². The molecule has 0 aliphatic carbocycles. The fourth-order valence-electron chi connectivity index (χ4n) is 1.42. The van der Waals surface area contributed by atoms with Crippen molar-refractivity contribution in [1.29, 1.82) is 0 Å². The van der Waals surface area contributed by atoms with Crippen LogP contribution in [-0.4, -0.2) is 28.2 Å². The van der Waals surface area contributed by atoms with Gasteiger partial charge in [-0.05, 0) is 20.8 Å². The summed E-state index contributed by atoms with van der Waals surface area (Å²) in [6.45, 7) is 7.11. The predicted molar refractivity (Wildman–Crippen MR) is 60.8 cm³/mol. The van der Waals surface area contributed by atoms with Crippen LogP contribution in [0.5, 0.6) is 0 Å². The summed E-state index contributed by atoms with van der Waals surface area (Å²) in [4.78, 5) is 15.5. The van der Waals surface area contributed by atoms with Crippen molar-refractivity contribution in [2.75, 3.05) is 7.11 Å². The number of aromatic nitrogens is 2. The lowest BCUT2D eigenvalue weighted by Crippen LogP contribution is -2.47. The Kier molecular flexibility index (Phi) is 4.06. The van der Waals surface area contributed by atoms with E-state index in [9.17, 15) is 4.79 Å². The molecule has 0 aliphatic rings. The molecule has 0 fully saturated rings. The van der Waals surface area contributed by atoms with E-state index in [2.05, 4.69) is 17.2 Å². The highest BCUT2D eigenvalue weighted by molar-refractivity contribution is 5.79. The molecule has 0 aliphatic heterocycles. The topological polar surface area (TPSA) is 56.2 Å². The molecule has 0 unspecified atom stereocenters. The second-order valence-electron chi connectivity index (χ2n) is 4.14. The second kappa shape index (κ2) is 5.12. The molecule has 5 nitrogen and oxygen atoms in total. The van der Waals surface area contributed by atoms with E-state index in [4.69, 9.17) is 4.74 Å². The third kappa shape index (κ3) is 2.82. The predicted octanol–water partition coefficient (Wildman–Crippen LogP) is 0.944. The summed E-state index contributed by atoms with van der Waals surface area (Å²) in [6.07, 6.45) is 3.58. The Labute approximate surface area is 95.8 Å². The monoisotopic (exact) mass is 225 g/mol. The summed E-state index contributed by atoms with van der Waals surface area (Å²) in [5.41, 5.74) is 0.372. The molecule has 0 saturated carbocycles. The number of nitrogens with one attached hydrogen (secondary N) is 1. The van der Waals surface area contributed by atoms with Crippen LogP contribution in [0.3, 0.4) is 0 Å². The molecule has 1 heterocycles. The lowest BCUT2D eigenvalue weighted by Gasteiger charge is -2.23. The Morgan fingerprint density at radius 2 is 2.31 bits per heavy atom. The van der Waals surface area contributed by atoms with E-state index in [0.29, 0.717) is 6.54 Å². The third-order valence-electron chi connectivity index (χ3n) is 2.55. The number of methoxy groups -OCH3 is 1. The van der Waals surface area contributed by atoms with Crippen molar-refractivity contribution in [2.24, 2.45) is 0 Å². The van der Waals surface area contributed by atoms with Crippen molar-refractivity contribution in [3.05, 3.63) is 18.2 Å². The number of nitrogens with zero attached hydrogens (tertiary/aromatic N) is 2. The summed E-state index contributed by atoms with van der Waals surface area (Å²) in [5, 5.41) is 3.15. The van der Waals surface area contributed by atoms with Crippen LogP contribution < -0.4 is 5.32 Å². The molecule has 0 bridgehead atoms. The number of aryl methyl sites for hydroxylation is 1. The van der Waals surface area contributed by atoms with Gasteiger partial charge >= 0.3 is 5.97 Å².